The number of piperidine rings is 1. The number of carbonyl (C=O) groups is 1. The van der Waals surface area contributed by atoms with Gasteiger partial charge in [-0.1, -0.05) is 16.8 Å². The fourth-order valence-electron chi connectivity index (χ4n) is 3.99. The van der Waals surface area contributed by atoms with E-state index in [2.05, 4.69) is 20.4 Å². The maximum absolute atomic E-state index is 13.0. The third-order valence-corrected chi connectivity index (χ3v) is 6.31. The minimum atomic E-state index is -4.52. The van der Waals surface area contributed by atoms with Gasteiger partial charge in [-0.15, -0.1) is 0 Å². The van der Waals surface area contributed by atoms with E-state index in [1.807, 2.05) is 0 Å². The van der Waals surface area contributed by atoms with Crippen LogP contribution in [-0.4, -0.2) is 48.3 Å². The summed E-state index contributed by atoms with van der Waals surface area (Å²) in [6.07, 6.45) is -3.47. The molecule has 1 amide bonds. The molecule has 0 bridgehead atoms. The second kappa shape index (κ2) is 10.8. The lowest BCUT2D eigenvalue weighted by molar-refractivity contribution is -0.137. The Kier molecular flexibility index (Phi) is 7.70. The minimum Gasteiger partial charge on any atom is -0.493 e. The van der Waals surface area contributed by atoms with Crippen molar-refractivity contribution in [2.24, 2.45) is 5.92 Å². The van der Waals surface area contributed by atoms with Crippen molar-refractivity contribution < 1.29 is 32.0 Å². The molecule has 36 heavy (non-hydrogen) atoms. The number of ether oxygens (including phenoxy) is 2. The smallest absolute Gasteiger partial charge is 0.416 e. The van der Waals surface area contributed by atoms with Crippen LogP contribution >= 0.6 is 11.6 Å². The predicted octanol–water partition coefficient (Wildman–Crippen LogP) is 5.28. The minimum absolute atomic E-state index is 0.0486. The van der Waals surface area contributed by atoms with E-state index in [0.29, 0.717) is 61.3 Å². The van der Waals surface area contributed by atoms with Crippen molar-refractivity contribution in [3.05, 3.63) is 52.9 Å². The van der Waals surface area contributed by atoms with E-state index in [0.717, 1.165) is 18.2 Å². The number of amides is 1. The van der Waals surface area contributed by atoms with Crippen molar-refractivity contribution in [1.82, 2.24) is 15.0 Å². The van der Waals surface area contributed by atoms with Gasteiger partial charge >= 0.3 is 6.18 Å². The fourth-order valence-corrected chi connectivity index (χ4v) is 4.15. The molecule has 0 atom stereocenters. The van der Waals surface area contributed by atoms with Crippen LogP contribution in [0.5, 0.6) is 11.5 Å². The molecule has 0 aliphatic carbocycles. The van der Waals surface area contributed by atoms with Crippen LogP contribution in [0.25, 0.3) is 11.4 Å². The number of alkyl halides is 3. The summed E-state index contributed by atoms with van der Waals surface area (Å²) in [7, 11) is 3.10. The molecule has 0 radical (unpaired) electrons. The largest absolute Gasteiger partial charge is 0.493 e. The van der Waals surface area contributed by atoms with Gasteiger partial charge in [-0.25, -0.2) is 0 Å². The molecule has 2 aromatic carbocycles. The maximum atomic E-state index is 13.0. The summed E-state index contributed by atoms with van der Waals surface area (Å²) in [6, 6.07) is 8.17. The van der Waals surface area contributed by atoms with E-state index < -0.39 is 11.7 Å². The molecule has 1 aliphatic heterocycles. The average molecular weight is 525 g/mol. The van der Waals surface area contributed by atoms with Crippen molar-refractivity contribution >= 4 is 23.2 Å². The number of hydrogen-bond acceptors (Lipinski definition) is 7. The number of nitrogens with zero attached hydrogens (tertiary/aromatic N) is 3. The van der Waals surface area contributed by atoms with E-state index in [4.69, 9.17) is 25.6 Å². The zero-order valence-corrected chi connectivity index (χ0v) is 20.3. The van der Waals surface area contributed by atoms with Gasteiger partial charge in [0.1, 0.15) is 0 Å². The van der Waals surface area contributed by atoms with Crippen LogP contribution in [0.15, 0.2) is 40.9 Å². The third-order valence-electron chi connectivity index (χ3n) is 5.98. The number of rotatable bonds is 7. The zero-order valence-electron chi connectivity index (χ0n) is 19.6. The molecule has 0 spiro atoms. The van der Waals surface area contributed by atoms with Gasteiger partial charge in [0.15, 0.2) is 11.5 Å². The molecule has 4 rings (SSSR count). The first kappa shape index (κ1) is 25.8. The maximum Gasteiger partial charge on any atom is 0.416 e. The third kappa shape index (κ3) is 5.90. The van der Waals surface area contributed by atoms with Gasteiger partial charge in [0.05, 0.1) is 37.0 Å². The molecule has 0 unspecified atom stereocenters. The number of carbonyl (C=O) groups excluding carboxylic acids is 1. The van der Waals surface area contributed by atoms with Gasteiger partial charge in [-0.3, -0.25) is 9.69 Å². The molecule has 1 saturated heterocycles. The monoisotopic (exact) mass is 524 g/mol. The molecular formula is C24H24ClF3N4O4. The lowest BCUT2D eigenvalue weighted by Crippen LogP contribution is -2.37. The Labute approximate surface area is 210 Å². The molecule has 1 aromatic heterocycles. The summed E-state index contributed by atoms with van der Waals surface area (Å²) in [5.74, 6) is 1.28. The lowest BCUT2D eigenvalue weighted by atomic mass is 9.95. The predicted molar refractivity (Wildman–Crippen MR) is 126 cm³/mol. The highest BCUT2D eigenvalue weighted by atomic mass is 35.5. The summed E-state index contributed by atoms with van der Waals surface area (Å²) in [5, 5.41) is 6.64. The molecule has 0 saturated carbocycles. The number of benzene rings is 2. The normalized spacial score (nSPS) is 15.1. The topological polar surface area (TPSA) is 89.7 Å². The lowest BCUT2D eigenvalue weighted by Gasteiger charge is -2.30. The first-order chi connectivity index (χ1) is 17.2. The van der Waals surface area contributed by atoms with Crippen LogP contribution in [0.4, 0.5) is 18.9 Å². The number of aromatic nitrogens is 2. The zero-order chi connectivity index (χ0) is 25.9. The SMILES string of the molecule is COc1ccc(-c2noc(CN3CCC(C(=O)Nc4cc(C(F)(F)F)ccc4Cl)CC3)n2)cc1OC. The number of halogens is 4. The van der Waals surface area contributed by atoms with Gasteiger partial charge in [0.25, 0.3) is 0 Å². The Morgan fingerprint density at radius 3 is 2.53 bits per heavy atom. The van der Waals surface area contributed by atoms with E-state index in [9.17, 15) is 18.0 Å². The van der Waals surface area contributed by atoms with Gasteiger partial charge in [-0.05, 0) is 62.3 Å². The van der Waals surface area contributed by atoms with Gasteiger partial charge in [0, 0.05) is 11.5 Å². The van der Waals surface area contributed by atoms with E-state index in [-0.39, 0.29) is 22.5 Å². The van der Waals surface area contributed by atoms with Crippen LogP contribution in [0.1, 0.15) is 24.3 Å². The highest BCUT2D eigenvalue weighted by Crippen LogP contribution is 2.34. The number of likely N-dealkylation sites (tertiary alicyclic amines) is 1. The number of anilines is 1. The van der Waals surface area contributed by atoms with Crippen molar-refractivity contribution in [2.75, 3.05) is 32.6 Å². The van der Waals surface area contributed by atoms with Crippen molar-refractivity contribution in [1.29, 1.82) is 0 Å². The molecule has 8 nitrogen and oxygen atoms in total. The van der Waals surface area contributed by atoms with E-state index >= 15 is 0 Å². The van der Waals surface area contributed by atoms with Crippen LogP contribution in [-0.2, 0) is 17.5 Å². The van der Waals surface area contributed by atoms with Gasteiger partial charge < -0.3 is 19.3 Å². The van der Waals surface area contributed by atoms with Gasteiger partial charge in [-0.2, -0.15) is 18.2 Å². The molecule has 2 heterocycles. The van der Waals surface area contributed by atoms with Crippen molar-refractivity contribution in [3.63, 3.8) is 0 Å². The Hall–Kier alpha value is -3.31. The Balaban J connectivity index is 1.33. The summed E-state index contributed by atoms with van der Waals surface area (Å²) in [4.78, 5) is 19.2. The molecule has 1 fully saturated rings. The Bertz CT molecular complexity index is 1230. The summed E-state index contributed by atoms with van der Waals surface area (Å²) in [6.45, 7) is 1.58. The first-order valence-electron chi connectivity index (χ1n) is 11.1. The highest BCUT2D eigenvalue weighted by Gasteiger charge is 2.32. The van der Waals surface area contributed by atoms with E-state index in [1.165, 1.54) is 0 Å². The average Bonchev–Trinajstić information content (AvgIpc) is 3.33. The van der Waals surface area contributed by atoms with E-state index in [1.54, 1.807) is 32.4 Å². The van der Waals surface area contributed by atoms with Crippen LogP contribution < -0.4 is 14.8 Å². The molecule has 3 aromatic rings. The van der Waals surface area contributed by atoms with Gasteiger partial charge in [0.2, 0.25) is 17.6 Å². The molecule has 1 aliphatic rings. The van der Waals surface area contributed by atoms with Crippen LogP contribution in [0.3, 0.4) is 0 Å². The fraction of sp³-hybridized carbons (Fsp3) is 0.375. The number of nitrogens with one attached hydrogen (secondary N) is 1. The second-order valence-corrected chi connectivity index (χ2v) is 8.72. The Morgan fingerprint density at radius 2 is 1.86 bits per heavy atom. The summed E-state index contributed by atoms with van der Waals surface area (Å²) >= 11 is 5.99. The van der Waals surface area contributed by atoms with Crippen molar-refractivity contribution in [3.8, 4) is 22.9 Å². The van der Waals surface area contributed by atoms with Crippen molar-refractivity contribution in [2.45, 2.75) is 25.6 Å². The second-order valence-electron chi connectivity index (χ2n) is 8.31. The summed E-state index contributed by atoms with van der Waals surface area (Å²) < 4.78 is 54.9. The molecule has 1 N–H and O–H groups in total. The van der Waals surface area contributed by atoms with Crippen LogP contribution in [0, 0.1) is 5.92 Å². The molecule has 192 valence electrons. The molecular weight excluding hydrogens is 501 g/mol. The number of hydrogen-bond donors (Lipinski definition) is 1. The quantitative estimate of drug-likeness (QED) is 0.450. The molecule has 12 heteroatoms. The standard InChI is InChI=1S/C24H24ClF3N4O4/c1-34-19-6-3-15(11-20(19)35-2)22-30-21(36-31-22)13-32-9-7-14(8-10-32)23(33)29-18-12-16(24(26,27)28)4-5-17(18)25/h3-6,11-12,14H,7-10,13H2,1-2H3,(H,29,33). The number of methoxy groups -OCH3 is 2. The highest BCUT2D eigenvalue weighted by molar-refractivity contribution is 6.33. The first-order valence-corrected chi connectivity index (χ1v) is 11.5. The summed E-state index contributed by atoms with van der Waals surface area (Å²) in [5.41, 5.74) is -0.206. The van der Waals surface area contributed by atoms with Crippen LogP contribution in [0.2, 0.25) is 5.02 Å². The Morgan fingerprint density at radius 1 is 1.14 bits per heavy atom.